The molecular weight excluding hydrogens is 520 g/mol. The number of aliphatic hydroxyl groups excluding tert-OH is 1. The number of thioether (sulfide) groups is 1. The van der Waals surface area contributed by atoms with Gasteiger partial charge in [-0.05, 0) is 42.2 Å². The van der Waals surface area contributed by atoms with Crippen molar-refractivity contribution in [2.24, 2.45) is 0 Å². The van der Waals surface area contributed by atoms with Crippen molar-refractivity contribution in [1.29, 1.82) is 0 Å². The van der Waals surface area contributed by atoms with Crippen LogP contribution in [0.15, 0.2) is 78.0 Å². The molecule has 0 spiro atoms. The number of carbonyl (C=O) groups is 2. The Morgan fingerprint density at radius 1 is 1.00 bits per heavy atom. The Kier molecular flexibility index (Phi) is 10.3. The zero-order chi connectivity index (χ0) is 27.6. The van der Waals surface area contributed by atoms with Crippen molar-refractivity contribution in [3.05, 3.63) is 94.8 Å². The monoisotopic (exact) mass is 552 g/mol. The minimum atomic E-state index is -0.870. The normalized spacial score (nSPS) is 18.9. The summed E-state index contributed by atoms with van der Waals surface area (Å²) in [5.41, 5.74) is 3.11. The van der Waals surface area contributed by atoms with Crippen LogP contribution in [-0.2, 0) is 25.7 Å². The van der Waals surface area contributed by atoms with Crippen LogP contribution in [0, 0.1) is 5.21 Å². The number of hydrogen-bond acceptors (Lipinski definition) is 7. The first kappa shape index (κ1) is 28.6. The van der Waals surface area contributed by atoms with Crippen molar-refractivity contribution in [2.45, 2.75) is 62.2 Å². The number of anilines is 1. The molecule has 3 atom stereocenters. The van der Waals surface area contributed by atoms with Crippen LogP contribution in [0.1, 0.15) is 61.2 Å². The van der Waals surface area contributed by atoms with Crippen molar-refractivity contribution in [3.63, 3.8) is 0 Å². The summed E-state index contributed by atoms with van der Waals surface area (Å²) in [6.07, 6.45) is 2.08. The van der Waals surface area contributed by atoms with E-state index in [0.29, 0.717) is 35.7 Å². The standard InChI is InChI=1S/C29H32N2O7S/c32-18-20-11-13-21(14-12-20)25-17-24(19-39-27-9-3-4-15-31(27)36)37-29(38-25)22-6-5-7-23(16-22)30-26(33)8-1-2-10-28(34)35/h3-7,9,11-16,24-25,29,32H,1-2,8,10,17-19H2,(H,30,33)(H,34,35)/t24-,25+,29+/m0/s1. The zero-order valence-corrected chi connectivity index (χ0v) is 22.2. The molecule has 10 heteroatoms. The van der Waals surface area contributed by atoms with Gasteiger partial charge in [0.25, 0.3) is 5.03 Å². The predicted octanol–water partition coefficient (Wildman–Crippen LogP) is 4.73. The van der Waals surface area contributed by atoms with Crippen molar-refractivity contribution in [3.8, 4) is 0 Å². The van der Waals surface area contributed by atoms with E-state index in [9.17, 15) is 19.9 Å². The molecule has 4 rings (SSSR count). The van der Waals surface area contributed by atoms with Crippen molar-refractivity contribution >= 4 is 29.3 Å². The zero-order valence-electron chi connectivity index (χ0n) is 21.4. The van der Waals surface area contributed by atoms with Gasteiger partial charge < -0.3 is 30.2 Å². The third-order valence-corrected chi connectivity index (χ3v) is 7.46. The molecule has 1 fully saturated rings. The van der Waals surface area contributed by atoms with Gasteiger partial charge in [0.15, 0.2) is 12.5 Å². The molecule has 1 aliphatic heterocycles. The minimum absolute atomic E-state index is 0.0405. The van der Waals surface area contributed by atoms with Crippen LogP contribution in [-0.4, -0.2) is 33.9 Å². The Morgan fingerprint density at radius 3 is 2.54 bits per heavy atom. The molecule has 2 heterocycles. The summed E-state index contributed by atoms with van der Waals surface area (Å²) in [6, 6.07) is 20.2. The molecule has 3 N–H and O–H groups in total. The maximum atomic E-state index is 12.4. The number of amides is 1. The third-order valence-electron chi connectivity index (χ3n) is 6.31. The van der Waals surface area contributed by atoms with Crippen LogP contribution in [0.5, 0.6) is 0 Å². The average molecular weight is 553 g/mol. The number of aliphatic carboxylic acids is 1. The van der Waals surface area contributed by atoms with Gasteiger partial charge in [-0.25, -0.2) is 0 Å². The second-order valence-corrected chi connectivity index (χ2v) is 10.3. The number of aliphatic hydroxyl groups is 1. The number of ether oxygens (including phenoxy) is 2. The van der Waals surface area contributed by atoms with E-state index in [1.807, 2.05) is 48.5 Å². The molecule has 0 bridgehead atoms. The van der Waals surface area contributed by atoms with Gasteiger partial charge in [-0.2, -0.15) is 4.73 Å². The molecule has 206 valence electrons. The van der Waals surface area contributed by atoms with Crippen LogP contribution in [0.25, 0.3) is 0 Å². The molecule has 1 aliphatic rings. The molecule has 1 aromatic heterocycles. The molecule has 0 aliphatic carbocycles. The lowest BCUT2D eigenvalue weighted by molar-refractivity contribution is -0.645. The van der Waals surface area contributed by atoms with E-state index >= 15 is 0 Å². The quantitative estimate of drug-likeness (QED) is 0.127. The number of benzene rings is 2. The molecule has 0 unspecified atom stereocenters. The van der Waals surface area contributed by atoms with E-state index < -0.39 is 12.3 Å². The van der Waals surface area contributed by atoms with Gasteiger partial charge in [0.2, 0.25) is 5.91 Å². The first-order valence-corrected chi connectivity index (χ1v) is 13.8. The Morgan fingerprint density at radius 2 is 1.79 bits per heavy atom. The summed E-state index contributed by atoms with van der Waals surface area (Å²) in [7, 11) is 0. The van der Waals surface area contributed by atoms with E-state index in [-0.39, 0.29) is 37.6 Å². The van der Waals surface area contributed by atoms with Crippen molar-refractivity contribution in [1.82, 2.24) is 0 Å². The number of carboxylic acid groups (broad SMARTS) is 1. The summed E-state index contributed by atoms with van der Waals surface area (Å²) in [5, 5.41) is 33.7. The van der Waals surface area contributed by atoms with E-state index in [0.717, 1.165) is 21.4 Å². The Balaban J connectivity index is 1.46. The Labute approximate surface area is 231 Å². The number of hydrogen-bond donors (Lipinski definition) is 3. The molecule has 2 aromatic carbocycles. The summed E-state index contributed by atoms with van der Waals surface area (Å²) < 4.78 is 13.5. The fourth-order valence-electron chi connectivity index (χ4n) is 4.27. The third kappa shape index (κ3) is 8.52. The lowest BCUT2D eigenvalue weighted by Gasteiger charge is -2.36. The van der Waals surface area contributed by atoms with Gasteiger partial charge in [-0.15, -0.1) is 0 Å². The van der Waals surface area contributed by atoms with Crippen LogP contribution in [0.2, 0.25) is 0 Å². The number of carboxylic acids is 1. The fourth-order valence-corrected chi connectivity index (χ4v) is 5.21. The Hall–Kier alpha value is -3.44. The van der Waals surface area contributed by atoms with Gasteiger partial charge in [-0.3, -0.25) is 9.59 Å². The number of nitrogens with one attached hydrogen (secondary N) is 1. The second kappa shape index (κ2) is 14.1. The summed E-state index contributed by atoms with van der Waals surface area (Å²) >= 11 is 1.42. The summed E-state index contributed by atoms with van der Waals surface area (Å²) in [4.78, 5) is 23.0. The molecular formula is C29H32N2O7S. The number of unbranched alkanes of at least 4 members (excludes halogenated alkanes) is 1. The summed E-state index contributed by atoms with van der Waals surface area (Å²) in [6.45, 7) is -0.0405. The van der Waals surface area contributed by atoms with Gasteiger partial charge >= 0.3 is 5.97 Å². The first-order chi connectivity index (χ1) is 18.9. The largest absolute Gasteiger partial charge is 0.618 e. The SMILES string of the molecule is O=C(O)CCCCC(=O)Nc1cccc([C@@H]2O[C@H](CSc3cccc[n+]3[O-])C[C@H](c3ccc(CO)cc3)O2)c1. The molecule has 1 saturated heterocycles. The second-order valence-electron chi connectivity index (χ2n) is 9.30. The van der Waals surface area contributed by atoms with Crippen molar-refractivity contribution in [2.75, 3.05) is 11.1 Å². The lowest BCUT2D eigenvalue weighted by Crippen LogP contribution is -2.32. The molecule has 39 heavy (non-hydrogen) atoms. The maximum absolute atomic E-state index is 12.4. The predicted molar refractivity (Wildman–Crippen MR) is 146 cm³/mol. The first-order valence-electron chi connectivity index (χ1n) is 12.8. The number of nitrogens with zero attached hydrogens (tertiary/aromatic N) is 1. The summed E-state index contributed by atoms with van der Waals surface area (Å²) in [5.74, 6) is -0.511. The molecule has 9 nitrogen and oxygen atoms in total. The van der Waals surface area contributed by atoms with Gasteiger partial charge in [-0.1, -0.05) is 48.2 Å². The van der Waals surface area contributed by atoms with Crippen LogP contribution in [0.4, 0.5) is 5.69 Å². The van der Waals surface area contributed by atoms with Crippen LogP contribution < -0.4 is 10.0 Å². The molecule has 1 amide bonds. The van der Waals surface area contributed by atoms with E-state index in [1.165, 1.54) is 18.0 Å². The van der Waals surface area contributed by atoms with E-state index in [4.69, 9.17) is 14.6 Å². The average Bonchev–Trinajstić information content (AvgIpc) is 2.95. The number of carbonyl (C=O) groups excluding carboxylic acids is 1. The lowest BCUT2D eigenvalue weighted by atomic mass is 10.0. The number of rotatable bonds is 12. The van der Waals surface area contributed by atoms with Gasteiger partial charge in [0, 0.05) is 48.4 Å². The Bertz CT molecular complexity index is 1250. The topological polar surface area (TPSA) is 132 Å². The molecule has 3 aromatic rings. The number of pyridine rings is 1. The number of aromatic nitrogens is 1. The van der Waals surface area contributed by atoms with E-state index in [1.54, 1.807) is 18.2 Å². The highest BCUT2D eigenvalue weighted by atomic mass is 32.2. The highest BCUT2D eigenvalue weighted by molar-refractivity contribution is 7.99. The fraction of sp³-hybridized carbons (Fsp3) is 0.345. The molecule has 0 radical (unpaired) electrons. The van der Waals surface area contributed by atoms with Crippen LogP contribution >= 0.6 is 11.8 Å². The van der Waals surface area contributed by atoms with Gasteiger partial charge in [0.05, 0.1) is 18.8 Å². The van der Waals surface area contributed by atoms with Gasteiger partial charge in [0.1, 0.15) is 0 Å². The highest BCUT2D eigenvalue weighted by Gasteiger charge is 2.33. The minimum Gasteiger partial charge on any atom is -0.618 e. The smallest absolute Gasteiger partial charge is 0.303 e. The maximum Gasteiger partial charge on any atom is 0.303 e. The van der Waals surface area contributed by atoms with Crippen LogP contribution in [0.3, 0.4) is 0 Å². The highest BCUT2D eigenvalue weighted by Crippen LogP contribution is 2.39. The molecule has 0 saturated carbocycles. The van der Waals surface area contributed by atoms with Crippen molar-refractivity contribution < 1.29 is 34.0 Å². The van der Waals surface area contributed by atoms with E-state index in [2.05, 4.69) is 5.32 Å².